The van der Waals surface area contributed by atoms with E-state index in [1.165, 1.54) is 0 Å². The van der Waals surface area contributed by atoms with Crippen molar-refractivity contribution in [3.63, 3.8) is 0 Å². The van der Waals surface area contributed by atoms with Crippen LogP contribution in [0.5, 0.6) is 0 Å². The highest BCUT2D eigenvalue weighted by atomic mass is 16.3. The summed E-state index contributed by atoms with van der Waals surface area (Å²) in [5.74, 6) is -0.195. The standard InChI is InChI=1S/C14H20N2O2/c15-11-7-5-4-6-10(11)14(18)16-12-8-2-1-3-9-13(12)17/h4-7,12-13,17H,1-3,8-9,15H2,(H,16,18). The van der Waals surface area contributed by atoms with Gasteiger partial charge < -0.3 is 16.2 Å². The smallest absolute Gasteiger partial charge is 0.253 e. The van der Waals surface area contributed by atoms with Crippen LogP contribution in [0.4, 0.5) is 5.69 Å². The Morgan fingerprint density at radius 1 is 1.22 bits per heavy atom. The molecule has 0 aromatic heterocycles. The number of aliphatic hydroxyl groups excluding tert-OH is 1. The molecule has 1 fully saturated rings. The number of carbonyl (C=O) groups is 1. The highest BCUT2D eigenvalue weighted by molar-refractivity contribution is 5.99. The van der Waals surface area contributed by atoms with Crippen molar-refractivity contribution >= 4 is 11.6 Å². The molecule has 0 spiro atoms. The van der Waals surface area contributed by atoms with E-state index in [4.69, 9.17) is 5.73 Å². The van der Waals surface area contributed by atoms with Crippen LogP contribution >= 0.6 is 0 Å². The molecule has 1 aromatic carbocycles. The van der Waals surface area contributed by atoms with Crippen LogP contribution in [-0.2, 0) is 0 Å². The first-order valence-electron chi connectivity index (χ1n) is 6.52. The molecule has 1 aromatic rings. The normalized spacial score (nSPS) is 24.3. The average Bonchev–Trinajstić information content (AvgIpc) is 2.55. The Labute approximate surface area is 107 Å². The highest BCUT2D eigenvalue weighted by Gasteiger charge is 2.24. The summed E-state index contributed by atoms with van der Waals surface area (Å²) in [6, 6.07) is 6.84. The van der Waals surface area contributed by atoms with E-state index in [9.17, 15) is 9.90 Å². The van der Waals surface area contributed by atoms with Crippen molar-refractivity contribution in [2.45, 2.75) is 44.2 Å². The summed E-state index contributed by atoms with van der Waals surface area (Å²) in [6.07, 6.45) is 4.35. The molecule has 98 valence electrons. The lowest BCUT2D eigenvalue weighted by Crippen LogP contribution is -2.42. The van der Waals surface area contributed by atoms with Crippen LogP contribution in [-0.4, -0.2) is 23.2 Å². The molecule has 1 saturated carbocycles. The molecule has 0 aliphatic heterocycles. The van der Waals surface area contributed by atoms with Gasteiger partial charge >= 0.3 is 0 Å². The van der Waals surface area contributed by atoms with E-state index in [0.29, 0.717) is 11.3 Å². The van der Waals surface area contributed by atoms with Crippen LogP contribution in [0.3, 0.4) is 0 Å². The van der Waals surface area contributed by atoms with Gasteiger partial charge in [0.2, 0.25) is 0 Å². The molecule has 2 rings (SSSR count). The number of carbonyl (C=O) groups excluding carboxylic acids is 1. The highest BCUT2D eigenvalue weighted by Crippen LogP contribution is 2.19. The summed E-state index contributed by atoms with van der Waals surface area (Å²) in [5.41, 5.74) is 6.72. The van der Waals surface area contributed by atoms with E-state index in [1.54, 1.807) is 24.3 Å². The van der Waals surface area contributed by atoms with Crippen molar-refractivity contribution in [2.24, 2.45) is 0 Å². The van der Waals surface area contributed by atoms with E-state index in [-0.39, 0.29) is 11.9 Å². The van der Waals surface area contributed by atoms with Gasteiger partial charge in [0, 0.05) is 5.69 Å². The molecule has 0 radical (unpaired) electrons. The van der Waals surface area contributed by atoms with Crippen molar-refractivity contribution in [2.75, 3.05) is 5.73 Å². The first-order chi connectivity index (χ1) is 8.68. The molecule has 2 unspecified atom stereocenters. The van der Waals surface area contributed by atoms with Crippen molar-refractivity contribution in [1.82, 2.24) is 5.32 Å². The van der Waals surface area contributed by atoms with E-state index in [1.807, 2.05) is 0 Å². The monoisotopic (exact) mass is 248 g/mol. The Kier molecular flexibility index (Phi) is 4.20. The number of nitrogen functional groups attached to an aromatic ring is 1. The van der Waals surface area contributed by atoms with Crippen LogP contribution in [0, 0.1) is 0 Å². The lowest BCUT2D eigenvalue weighted by Gasteiger charge is -2.22. The second-order valence-electron chi connectivity index (χ2n) is 4.87. The van der Waals surface area contributed by atoms with Crippen LogP contribution < -0.4 is 11.1 Å². The fraction of sp³-hybridized carbons (Fsp3) is 0.500. The van der Waals surface area contributed by atoms with Crippen LogP contribution in [0.15, 0.2) is 24.3 Å². The van der Waals surface area contributed by atoms with E-state index >= 15 is 0 Å². The molecule has 1 aliphatic carbocycles. The minimum Gasteiger partial charge on any atom is -0.398 e. The van der Waals surface area contributed by atoms with Crippen molar-refractivity contribution in [3.05, 3.63) is 29.8 Å². The number of rotatable bonds is 2. The molecule has 4 nitrogen and oxygen atoms in total. The number of hydrogen-bond donors (Lipinski definition) is 3. The van der Waals surface area contributed by atoms with Crippen LogP contribution in [0.1, 0.15) is 42.5 Å². The molecule has 0 bridgehead atoms. The van der Waals surface area contributed by atoms with E-state index < -0.39 is 6.10 Å². The summed E-state index contributed by atoms with van der Waals surface area (Å²) in [5, 5.41) is 12.9. The number of para-hydroxylation sites is 1. The average molecular weight is 248 g/mol. The minimum atomic E-state index is -0.443. The zero-order chi connectivity index (χ0) is 13.0. The van der Waals surface area contributed by atoms with Gasteiger partial charge in [-0.05, 0) is 25.0 Å². The molecule has 4 N–H and O–H groups in total. The fourth-order valence-corrected chi connectivity index (χ4v) is 2.41. The molecule has 18 heavy (non-hydrogen) atoms. The van der Waals surface area contributed by atoms with E-state index in [2.05, 4.69) is 5.32 Å². The number of hydrogen-bond acceptors (Lipinski definition) is 3. The number of anilines is 1. The predicted molar refractivity (Wildman–Crippen MR) is 71.2 cm³/mol. The molecule has 4 heteroatoms. The van der Waals surface area contributed by atoms with Crippen molar-refractivity contribution < 1.29 is 9.90 Å². The SMILES string of the molecule is Nc1ccccc1C(=O)NC1CCCCCC1O. The second-order valence-corrected chi connectivity index (χ2v) is 4.87. The first kappa shape index (κ1) is 12.9. The molecule has 1 aliphatic rings. The van der Waals surface area contributed by atoms with Gasteiger partial charge in [0.05, 0.1) is 17.7 Å². The third-order valence-electron chi connectivity index (χ3n) is 3.50. The summed E-state index contributed by atoms with van der Waals surface area (Å²) < 4.78 is 0. The number of nitrogens with two attached hydrogens (primary N) is 1. The first-order valence-corrected chi connectivity index (χ1v) is 6.52. The van der Waals surface area contributed by atoms with Gasteiger partial charge in [0.15, 0.2) is 0 Å². The quantitative estimate of drug-likeness (QED) is 0.550. The van der Waals surface area contributed by atoms with Gasteiger partial charge in [-0.1, -0.05) is 31.4 Å². The van der Waals surface area contributed by atoms with Gasteiger partial charge in [-0.15, -0.1) is 0 Å². The Balaban J connectivity index is 2.04. The largest absolute Gasteiger partial charge is 0.398 e. The second kappa shape index (κ2) is 5.87. The molecule has 0 heterocycles. The Morgan fingerprint density at radius 3 is 2.72 bits per heavy atom. The molecular weight excluding hydrogens is 228 g/mol. The Hall–Kier alpha value is -1.55. The number of aliphatic hydroxyl groups is 1. The molecule has 0 saturated heterocycles. The third-order valence-corrected chi connectivity index (χ3v) is 3.50. The summed E-state index contributed by atoms with van der Waals surface area (Å²) in [7, 11) is 0. The lowest BCUT2D eigenvalue weighted by atomic mass is 10.1. The zero-order valence-corrected chi connectivity index (χ0v) is 10.4. The topological polar surface area (TPSA) is 75.4 Å². The maximum absolute atomic E-state index is 12.1. The van der Waals surface area contributed by atoms with Gasteiger partial charge in [-0.25, -0.2) is 0 Å². The summed E-state index contributed by atoms with van der Waals surface area (Å²) >= 11 is 0. The van der Waals surface area contributed by atoms with Crippen molar-refractivity contribution in [1.29, 1.82) is 0 Å². The number of amides is 1. The molecule has 2 atom stereocenters. The third kappa shape index (κ3) is 3.01. The van der Waals surface area contributed by atoms with Crippen LogP contribution in [0.25, 0.3) is 0 Å². The fourth-order valence-electron chi connectivity index (χ4n) is 2.41. The van der Waals surface area contributed by atoms with Gasteiger partial charge in [-0.2, -0.15) is 0 Å². The molecule has 1 amide bonds. The lowest BCUT2D eigenvalue weighted by molar-refractivity contribution is 0.0819. The maximum Gasteiger partial charge on any atom is 0.253 e. The summed E-state index contributed by atoms with van der Waals surface area (Å²) in [4.78, 5) is 12.1. The van der Waals surface area contributed by atoms with Crippen LogP contribution in [0.2, 0.25) is 0 Å². The van der Waals surface area contributed by atoms with Gasteiger partial charge in [0.1, 0.15) is 0 Å². The van der Waals surface area contributed by atoms with E-state index in [0.717, 1.165) is 32.1 Å². The maximum atomic E-state index is 12.1. The number of nitrogens with one attached hydrogen (secondary N) is 1. The number of benzene rings is 1. The zero-order valence-electron chi connectivity index (χ0n) is 10.4. The Bertz CT molecular complexity index is 420. The summed E-state index contributed by atoms with van der Waals surface area (Å²) in [6.45, 7) is 0. The molecular formula is C14H20N2O2. The predicted octanol–water partition coefficient (Wildman–Crippen LogP) is 1.69. The van der Waals surface area contributed by atoms with Crippen molar-refractivity contribution in [3.8, 4) is 0 Å². The minimum absolute atomic E-state index is 0.153. The Morgan fingerprint density at radius 2 is 1.94 bits per heavy atom. The van der Waals surface area contributed by atoms with Gasteiger partial charge in [0.25, 0.3) is 5.91 Å². The van der Waals surface area contributed by atoms with Gasteiger partial charge in [-0.3, -0.25) is 4.79 Å².